The van der Waals surface area contributed by atoms with E-state index in [0.717, 1.165) is 31.0 Å². The number of nitrogen functional groups attached to an aromatic ring is 1. The van der Waals surface area contributed by atoms with Crippen molar-refractivity contribution in [2.45, 2.75) is 59.4 Å². The normalized spacial score (nSPS) is 19.5. The fourth-order valence-electron chi connectivity index (χ4n) is 5.00. The molecule has 2 fully saturated rings. The summed E-state index contributed by atoms with van der Waals surface area (Å²) in [5, 5.41) is 14.7. The van der Waals surface area contributed by atoms with Gasteiger partial charge in [0.25, 0.3) is 0 Å². The average Bonchev–Trinajstić information content (AvgIpc) is 3.59. The summed E-state index contributed by atoms with van der Waals surface area (Å²) >= 11 is 0. The molecule has 6 heteroatoms. The van der Waals surface area contributed by atoms with Crippen molar-refractivity contribution >= 4 is 28.1 Å². The molecule has 3 heterocycles. The molecule has 0 aliphatic carbocycles. The number of anilines is 2. The van der Waals surface area contributed by atoms with Crippen LogP contribution in [0.15, 0.2) is 48.8 Å². The zero-order valence-electron chi connectivity index (χ0n) is 21.4. The smallest absolute Gasteiger partial charge is 0.143 e. The van der Waals surface area contributed by atoms with E-state index in [-0.39, 0.29) is 5.54 Å². The molecule has 2 aromatic carbocycles. The predicted molar refractivity (Wildman–Crippen MR) is 145 cm³/mol. The van der Waals surface area contributed by atoms with Crippen LogP contribution in [0.25, 0.3) is 10.8 Å². The Labute approximate surface area is 204 Å². The maximum atomic E-state index is 8.92. The van der Waals surface area contributed by atoms with E-state index in [0.29, 0.717) is 29.4 Å². The van der Waals surface area contributed by atoms with E-state index < -0.39 is 0 Å². The standard InChI is InChI=1S/C24H28N6.2C2H6/c1-24(18-9-11-27-12-10-18)14-30(24)23-21(22(26)28-15-29-23)20(25)13-17-7-4-6-16-5-2-3-8-19(16)17;2*1-2/h2-8,15,18,25,27H,9-14H2,1H3,(H2,26,28,29);2*1-2H3. The maximum absolute atomic E-state index is 8.92. The van der Waals surface area contributed by atoms with E-state index in [9.17, 15) is 0 Å². The van der Waals surface area contributed by atoms with Gasteiger partial charge in [0.05, 0.1) is 16.8 Å². The van der Waals surface area contributed by atoms with Gasteiger partial charge >= 0.3 is 0 Å². The minimum Gasteiger partial charge on any atom is -0.383 e. The van der Waals surface area contributed by atoms with Crippen molar-refractivity contribution in [1.82, 2.24) is 15.3 Å². The SMILES string of the molecule is CC.CC.CC1(C2CCNCC2)CN1c1ncnc(N)c1C(=N)Cc1cccc2ccccc12. The highest BCUT2D eigenvalue weighted by Gasteiger charge is 2.54. The van der Waals surface area contributed by atoms with Gasteiger partial charge in [-0.25, -0.2) is 9.97 Å². The van der Waals surface area contributed by atoms with E-state index in [1.54, 1.807) is 0 Å². The number of benzene rings is 2. The molecule has 6 nitrogen and oxygen atoms in total. The average molecular weight is 461 g/mol. The summed E-state index contributed by atoms with van der Waals surface area (Å²) in [6, 6.07) is 14.6. The van der Waals surface area contributed by atoms with E-state index in [4.69, 9.17) is 11.1 Å². The number of aromatic nitrogens is 2. The first-order valence-electron chi connectivity index (χ1n) is 12.7. The van der Waals surface area contributed by atoms with Gasteiger partial charge in [0.2, 0.25) is 0 Å². The molecular weight excluding hydrogens is 420 g/mol. The molecule has 0 radical (unpaired) electrons. The van der Waals surface area contributed by atoms with Gasteiger partial charge in [0, 0.05) is 13.0 Å². The van der Waals surface area contributed by atoms with E-state index >= 15 is 0 Å². The number of hydrogen-bond donors (Lipinski definition) is 3. The number of piperidine rings is 1. The molecule has 2 aliphatic rings. The lowest BCUT2D eigenvalue weighted by atomic mass is 9.85. The summed E-state index contributed by atoms with van der Waals surface area (Å²) in [4.78, 5) is 11.1. The molecule has 0 saturated carbocycles. The van der Waals surface area contributed by atoms with Gasteiger partial charge in [-0.05, 0) is 55.1 Å². The number of nitrogens with one attached hydrogen (secondary N) is 2. The first-order chi connectivity index (χ1) is 16.6. The molecule has 0 amide bonds. The van der Waals surface area contributed by atoms with E-state index in [2.05, 4.69) is 57.4 Å². The van der Waals surface area contributed by atoms with Crippen molar-refractivity contribution < 1.29 is 0 Å². The van der Waals surface area contributed by atoms with Gasteiger partial charge in [0.1, 0.15) is 18.0 Å². The van der Waals surface area contributed by atoms with Gasteiger partial charge in [-0.2, -0.15) is 0 Å². The number of rotatable bonds is 5. The number of nitrogens with zero attached hydrogens (tertiary/aromatic N) is 3. The summed E-state index contributed by atoms with van der Waals surface area (Å²) in [7, 11) is 0. The van der Waals surface area contributed by atoms with Crippen LogP contribution in [0, 0.1) is 11.3 Å². The van der Waals surface area contributed by atoms with Crippen LogP contribution in [0.2, 0.25) is 0 Å². The lowest BCUT2D eigenvalue weighted by Crippen LogP contribution is -2.37. The van der Waals surface area contributed by atoms with Crippen molar-refractivity contribution in [2.24, 2.45) is 5.92 Å². The van der Waals surface area contributed by atoms with Crippen LogP contribution in [-0.4, -0.2) is 40.9 Å². The van der Waals surface area contributed by atoms with E-state index in [1.165, 1.54) is 29.9 Å². The second kappa shape index (κ2) is 11.4. The number of fused-ring (bicyclic) bond motifs is 1. The largest absolute Gasteiger partial charge is 0.383 e. The summed E-state index contributed by atoms with van der Waals surface area (Å²) in [6.07, 6.45) is 4.39. The lowest BCUT2D eigenvalue weighted by molar-refractivity contribution is 0.317. The van der Waals surface area contributed by atoms with Crippen LogP contribution in [0.1, 0.15) is 58.6 Å². The lowest BCUT2D eigenvalue weighted by Gasteiger charge is -2.29. The predicted octanol–water partition coefficient (Wildman–Crippen LogP) is 5.45. The third kappa shape index (κ3) is 5.07. The highest BCUT2D eigenvalue weighted by molar-refractivity contribution is 6.08. The summed E-state index contributed by atoms with van der Waals surface area (Å²) < 4.78 is 0. The molecule has 5 rings (SSSR count). The molecule has 3 aromatic rings. The zero-order valence-corrected chi connectivity index (χ0v) is 21.4. The fraction of sp³-hybridized carbons (Fsp3) is 0.464. The minimum atomic E-state index is 0.0946. The van der Waals surface area contributed by atoms with Crippen LogP contribution < -0.4 is 16.0 Å². The first kappa shape index (κ1) is 25.6. The molecule has 1 atom stereocenters. The molecule has 2 saturated heterocycles. The molecule has 4 N–H and O–H groups in total. The Balaban J connectivity index is 0.000000771. The highest BCUT2D eigenvalue weighted by atomic mass is 15.4. The van der Waals surface area contributed by atoms with Crippen molar-refractivity contribution in [3.63, 3.8) is 0 Å². The van der Waals surface area contributed by atoms with Gasteiger partial charge in [0.15, 0.2) is 0 Å². The maximum Gasteiger partial charge on any atom is 0.143 e. The second-order valence-corrected chi connectivity index (χ2v) is 8.72. The van der Waals surface area contributed by atoms with Gasteiger partial charge in [-0.1, -0.05) is 70.2 Å². The van der Waals surface area contributed by atoms with Crippen molar-refractivity contribution in [3.05, 3.63) is 59.9 Å². The van der Waals surface area contributed by atoms with Gasteiger partial charge in [-0.15, -0.1) is 0 Å². The van der Waals surface area contributed by atoms with Crippen LogP contribution in [0.5, 0.6) is 0 Å². The highest BCUT2D eigenvalue weighted by Crippen LogP contribution is 2.47. The van der Waals surface area contributed by atoms with Crippen molar-refractivity contribution in [2.75, 3.05) is 30.3 Å². The summed E-state index contributed by atoms with van der Waals surface area (Å²) in [5.74, 6) is 1.84. The molecule has 182 valence electrons. The third-order valence-electron chi connectivity index (χ3n) is 6.87. The van der Waals surface area contributed by atoms with Crippen LogP contribution in [0.4, 0.5) is 11.6 Å². The van der Waals surface area contributed by atoms with Crippen LogP contribution in [0.3, 0.4) is 0 Å². The first-order valence-corrected chi connectivity index (χ1v) is 12.7. The Hall–Kier alpha value is -2.99. The van der Waals surface area contributed by atoms with Gasteiger partial charge < -0.3 is 21.4 Å². The Morgan fingerprint density at radius 1 is 1.06 bits per heavy atom. The van der Waals surface area contributed by atoms with Crippen LogP contribution in [-0.2, 0) is 6.42 Å². The monoisotopic (exact) mass is 460 g/mol. The fourth-order valence-corrected chi connectivity index (χ4v) is 5.00. The van der Waals surface area contributed by atoms with E-state index in [1.807, 2.05) is 39.8 Å². The Morgan fingerprint density at radius 3 is 2.47 bits per heavy atom. The Kier molecular flexibility index (Phi) is 8.61. The number of nitrogens with two attached hydrogens (primary N) is 1. The summed E-state index contributed by atoms with van der Waals surface area (Å²) in [5.41, 5.74) is 8.67. The third-order valence-corrected chi connectivity index (χ3v) is 6.87. The Morgan fingerprint density at radius 2 is 1.74 bits per heavy atom. The van der Waals surface area contributed by atoms with Gasteiger partial charge in [-0.3, -0.25) is 0 Å². The molecular formula is C28H40N6. The zero-order chi connectivity index (χ0) is 24.7. The van der Waals surface area contributed by atoms with Crippen LogP contribution >= 0.6 is 0 Å². The summed E-state index contributed by atoms with van der Waals surface area (Å²) in [6.45, 7) is 13.4. The number of hydrogen-bond acceptors (Lipinski definition) is 6. The molecule has 2 aliphatic heterocycles. The molecule has 1 unspecified atom stereocenters. The molecule has 0 bridgehead atoms. The molecule has 34 heavy (non-hydrogen) atoms. The Bertz CT molecular complexity index is 1100. The van der Waals surface area contributed by atoms with Crippen molar-refractivity contribution in [3.8, 4) is 0 Å². The van der Waals surface area contributed by atoms with Crippen molar-refractivity contribution in [1.29, 1.82) is 5.41 Å². The quantitative estimate of drug-likeness (QED) is 0.348. The molecule has 0 spiro atoms. The minimum absolute atomic E-state index is 0.0946. The topological polar surface area (TPSA) is 90.7 Å². The second-order valence-electron chi connectivity index (χ2n) is 8.72. The molecule has 1 aromatic heterocycles.